The van der Waals surface area contributed by atoms with Gasteiger partial charge >= 0.3 is 0 Å². The minimum atomic E-state index is -0.116. The number of carbonyl (C=O) groups is 1. The van der Waals surface area contributed by atoms with Crippen LogP contribution >= 0.6 is 11.8 Å². The normalized spacial score (nSPS) is 33.1. The average molecular weight is 273 g/mol. The summed E-state index contributed by atoms with van der Waals surface area (Å²) in [6, 6.07) is 3.89. The van der Waals surface area contributed by atoms with E-state index in [0.29, 0.717) is 0 Å². The molecule has 1 aromatic rings. The monoisotopic (exact) mass is 273 g/mol. The number of pyridine rings is 1. The Balaban J connectivity index is 1.60. The van der Waals surface area contributed by atoms with Crippen molar-refractivity contribution in [3.8, 4) is 0 Å². The summed E-state index contributed by atoms with van der Waals surface area (Å²) in [7, 11) is 0. The Kier molecular flexibility index (Phi) is 2.63. The summed E-state index contributed by atoms with van der Waals surface area (Å²) < 4.78 is 0. The third kappa shape index (κ3) is 1.80. The average Bonchev–Trinajstić information content (AvgIpc) is 2.99. The second-order valence-electron chi connectivity index (χ2n) is 5.21. The minimum Gasteiger partial charge on any atom is -0.336 e. The molecule has 0 radical (unpaired) electrons. The van der Waals surface area contributed by atoms with Gasteiger partial charge in [0.25, 0.3) is 0 Å². The maximum atomic E-state index is 12.4. The van der Waals surface area contributed by atoms with Crippen molar-refractivity contribution in [3.63, 3.8) is 0 Å². The lowest BCUT2D eigenvalue weighted by molar-refractivity contribution is -0.127. The summed E-state index contributed by atoms with van der Waals surface area (Å²) in [5.74, 6) is 0.201. The van der Waals surface area contributed by atoms with Crippen LogP contribution in [-0.2, 0) is 4.79 Å². The first-order valence-corrected chi connectivity index (χ1v) is 7.56. The van der Waals surface area contributed by atoms with E-state index in [1.165, 1.54) is 16.9 Å². The summed E-state index contributed by atoms with van der Waals surface area (Å²) in [4.78, 5) is 18.0. The summed E-state index contributed by atoms with van der Waals surface area (Å²) in [6.45, 7) is 0. The molecule has 3 heterocycles. The first-order valence-electron chi connectivity index (χ1n) is 6.68. The van der Waals surface area contributed by atoms with Crippen LogP contribution in [0.2, 0.25) is 0 Å². The lowest BCUT2D eigenvalue weighted by Gasteiger charge is -2.34. The molecule has 3 atom stereocenters. The molecule has 1 fully saturated rings. The van der Waals surface area contributed by atoms with E-state index in [4.69, 9.17) is 0 Å². The van der Waals surface area contributed by atoms with Crippen LogP contribution in [0.5, 0.6) is 0 Å². The lowest BCUT2D eigenvalue weighted by atomic mass is 9.94. The third-order valence-corrected chi connectivity index (χ3v) is 5.49. The summed E-state index contributed by atoms with van der Waals surface area (Å²) in [5.41, 5.74) is 2.39. The maximum absolute atomic E-state index is 12.4. The Morgan fingerprint density at radius 1 is 1.37 bits per heavy atom. The van der Waals surface area contributed by atoms with E-state index in [1.54, 1.807) is 12.4 Å². The molecule has 19 heavy (non-hydrogen) atoms. The highest BCUT2D eigenvalue weighted by Gasteiger charge is 2.45. The van der Waals surface area contributed by atoms with Gasteiger partial charge in [-0.15, -0.1) is 11.8 Å². The molecule has 0 aromatic carbocycles. The van der Waals surface area contributed by atoms with E-state index in [9.17, 15) is 4.79 Å². The van der Waals surface area contributed by atoms with Gasteiger partial charge < -0.3 is 5.32 Å². The molecular formula is C14H15N3OS. The number of hydrogen-bond donors (Lipinski definition) is 2. The molecule has 0 spiro atoms. The van der Waals surface area contributed by atoms with E-state index in [2.05, 4.69) is 15.6 Å². The van der Waals surface area contributed by atoms with Gasteiger partial charge in [0.1, 0.15) is 6.17 Å². The first-order chi connectivity index (χ1) is 9.33. The number of rotatable bonds is 1. The van der Waals surface area contributed by atoms with Crippen LogP contribution < -0.4 is 10.6 Å². The van der Waals surface area contributed by atoms with E-state index in [0.717, 1.165) is 18.4 Å². The van der Waals surface area contributed by atoms with Gasteiger partial charge in [-0.1, -0.05) is 6.07 Å². The summed E-state index contributed by atoms with van der Waals surface area (Å²) in [5, 5.41) is 6.82. The van der Waals surface area contributed by atoms with Gasteiger partial charge in [0, 0.05) is 18.0 Å². The number of amides is 1. The molecule has 3 unspecified atom stereocenters. The Morgan fingerprint density at radius 2 is 2.32 bits per heavy atom. The molecule has 0 bridgehead atoms. The molecule has 3 aliphatic rings. The molecule has 5 heteroatoms. The second kappa shape index (κ2) is 4.35. The van der Waals surface area contributed by atoms with Crippen LogP contribution in [-0.4, -0.2) is 16.3 Å². The van der Waals surface area contributed by atoms with Crippen molar-refractivity contribution in [2.24, 2.45) is 5.92 Å². The number of hydrogen-bond acceptors (Lipinski definition) is 4. The van der Waals surface area contributed by atoms with Crippen molar-refractivity contribution >= 4 is 17.7 Å². The Bertz CT molecular complexity index is 557. The van der Waals surface area contributed by atoms with E-state index >= 15 is 0 Å². The Labute approximate surface area is 116 Å². The van der Waals surface area contributed by atoms with Gasteiger partial charge in [-0.3, -0.25) is 15.1 Å². The molecule has 2 aliphatic heterocycles. The van der Waals surface area contributed by atoms with Gasteiger partial charge in [0.05, 0.1) is 11.3 Å². The molecular weight excluding hydrogens is 258 g/mol. The topological polar surface area (TPSA) is 54.0 Å². The fraction of sp³-hybridized carbons (Fsp3) is 0.429. The molecule has 4 nitrogen and oxygen atoms in total. The van der Waals surface area contributed by atoms with Gasteiger partial charge in [-0.25, -0.2) is 0 Å². The maximum Gasteiger partial charge on any atom is 0.231 e. The fourth-order valence-electron chi connectivity index (χ4n) is 3.20. The highest BCUT2D eigenvalue weighted by molar-refractivity contribution is 8.04. The molecule has 1 amide bonds. The van der Waals surface area contributed by atoms with Crippen molar-refractivity contribution in [3.05, 3.63) is 40.6 Å². The highest BCUT2D eigenvalue weighted by Crippen LogP contribution is 2.50. The number of carbonyl (C=O) groups excluding carboxylic acids is 1. The van der Waals surface area contributed by atoms with Crippen LogP contribution in [0.15, 0.2) is 35.0 Å². The van der Waals surface area contributed by atoms with Crippen molar-refractivity contribution in [2.75, 3.05) is 0 Å². The van der Waals surface area contributed by atoms with Crippen LogP contribution in [0.25, 0.3) is 0 Å². The number of thioether (sulfide) groups is 1. The zero-order chi connectivity index (χ0) is 12.8. The van der Waals surface area contributed by atoms with Gasteiger partial charge in [0.2, 0.25) is 5.91 Å². The van der Waals surface area contributed by atoms with Crippen LogP contribution in [0.3, 0.4) is 0 Å². The van der Waals surface area contributed by atoms with E-state index < -0.39 is 0 Å². The minimum absolute atomic E-state index is 0.0374. The van der Waals surface area contributed by atoms with Crippen LogP contribution in [0.4, 0.5) is 0 Å². The number of aromatic nitrogens is 1. The molecule has 1 saturated heterocycles. The molecule has 2 N–H and O–H groups in total. The number of allylic oxidation sites excluding steroid dienone is 1. The summed E-state index contributed by atoms with van der Waals surface area (Å²) in [6.07, 6.45) is 6.89. The third-order valence-electron chi connectivity index (χ3n) is 4.07. The quantitative estimate of drug-likeness (QED) is 0.821. The molecule has 1 aliphatic carbocycles. The van der Waals surface area contributed by atoms with Gasteiger partial charge in [-0.05, 0) is 35.8 Å². The summed E-state index contributed by atoms with van der Waals surface area (Å²) >= 11 is 1.85. The van der Waals surface area contributed by atoms with Crippen LogP contribution in [0.1, 0.15) is 31.0 Å². The molecule has 0 saturated carbocycles. The van der Waals surface area contributed by atoms with Gasteiger partial charge in [-0.2, -0.15) is 0 Å². The molecule has 4 rings (SSSR count). The Hall–Kier alpha value is -1.33. The second-order valence-corrected chi connectivity index (χ2v) is 6.45. The predicted molar refractivity (Wildman–Crippen MR) is 74.0 cm³/mol. The molecule has 1 aromatic heterocycles. The van der Waals surface area contributed by atoms with Crippen molar-refractivity contribution in [2.45, 2.75) is 30.8 Å². The zero-order valence-electron chi connectivity index (χ0n) is 10.4. The van der Waals surface area contributed by atoms with E-state index in [1.807, 2.05) is 23.9 Å². The smallest absolute Gasteiger partial charge is 0.231 e. The van der Waals surface area contributed by atoms with Crippen molar-refractivity contribution in [1.82, 2.24) is 15.6 Å². The van der Waals surface area contributed by atoms with Gasteiger partial charge in [0.15, 0.2) is 0 Å². The zero-order valence-corrected chi connectivity index (χ0v) is 11.2. The number of nitrogens with one attached hydrogen (secondary N) is 2. The Morgan fingerprint density at radius 3 is 3.16 bits per heavy atom. The van der Waals surface area contributed by atoms with Crippen LogP contribution in [0, 0.1) is 5.92 Å². The number of fused-ring (bicyclic) bond motifs is 2. The van der Waals surface area contributed by atoms with E-state index in [-0.39, 0.29) is 23.4 Å². The first kappa shape index (κ1) is 11.5. The highest BCUT2D eigenvalue weighted by atomic mass is 32.2. The van der Waals surface area contributed by atoms with Crippen molar-refractivity contribution < 1.29 is 4.79 Å². The number of nitrogens with zero attached hydrogens (tertiary/aromatic N) is 1. The largest absolute Gasteiger partial charge is 0.336 e. The predicted octanol–water partition coefficient (Wildman–Crippen LogP) is 1.93. The fourth-order valence-corrected chi connectivity index (χ4v) is 4.77. The SMILES string of the molecule is O=C1NC(c2cccnc2)NC2SC3=C(CCC3)C12. The lowest BCUT2D eigenvalue weighted by Crippen LogP contribution is -2.54. The standard InChI is InChI=1S/C14H15N3OS/c18-13-11-9-4-1-5-10(9)19-14(11)17-12(16-13)8-3-2-6-15-7-8/h2-3,6-7,11-12,14,17H,1,4-5H2,(H,16,18). The molecule has 98 valence electrons. The van der Waals surface area contributed by atoms with Crippen molar-refractivity contribution in [1.29, 1.82) is 0 Å².